The molecular weight excluding hydrogens is 296 g/mol. The number of aromatic nitrogens is 2. The zero-order chi connectivity index (χ0) is 15.3. The molecule has 1 aromatic heterocycles. The van der Waals surface area contributed by atoms with Crippen molar-refractivity contribution in [2.75, 3.05) is 39.4 Å². The average molecular weight is 316 g/mol. The van der Waals surface area contributed by atoms with Crippen molar-refractivity contribution in [3.8, 4) is 0 Å². The summed E-state index contributed by atoms with van der Waals surface area (Å²) in [4.78, 5) is 19.9. The number of hydrogen-bond donors (Lipinski definition) is 1. The second kappa shape index (κ2) is 7.01. The molecule has 0 aliphatic carbocycles. The van der Waals surface area contributed by atoms with Crippen LogP contribution in [0.2, 0.25) is 0 Å². The molecule has 1 aliphatic rings. The van der Waals surface area contributed by atoms with Gasteiger partial charge in [-0.25, -0.2) is 13.4 Å². The summed E-state index contributed by atoms with van der Waals surface area (Å²) in [6.07, 6.45) is 3.23. The van der Waals surface area contributed by atoms with Gasteiger partial charge >= 0.3 is 0 Å². The Balaban J connectivity index is 1.99. The van der Waals surface area contributed by atoms with Crippen LogP contribution in [-0.4, -0.2) is 72.9 Å². The van der Waals surface area contributed by atoms with Crippen LogP contribution in [0, 0.1) is 0 Å². The number of nitrogens with zero attached hydrogens (tertiary/aromatic N) is 3. The van der Waals surface area contributed by atoms with Crippen molar-refractivity contribution < 1.29 is 17.9 Å². The molecule has 0 radical (unpaired) electrons. The Bertz CT molecular complexity index is 558. The van der Waals surface area contributed by atoms with E-state index in [1.807, 2.05) is 6.92 Å². The highest BCUT2D eigenvalue weighted by molar-refractivity contribution is 7.89. The molecule has 8 nitrogen and oxygen atoms in total. The minimum atomic E-state index is -3.56. The summed E-state index contributed by atoms with van der Waals surface area (Å²) in [5.41, 5.74) is 0. The Morgan fingerprint density at radius 1 is 1.38 bits per heavy atom. The minimum Gasteiger partial charge on any atom is -0.372 e. The number of imidazole rings is 1. The molecule has 9 heteroatoms. The van der Waals surface area contributed by atoms with Crippen molar-refractivity contribution in [1.29, 1.82) is 0 Å². The molecule has 1 aliphatic heterocycles. The maximum absolute atomic E-state index is 12.4. The molecule has 1 amide bonds. The monoisotopic (exact) mass is 316 g/mol. The van der Waals surface area contributed by atoms with E-state index in [2.05, 4.69) is 9.97 Å². The quantitative estimate of drug-likeness (QED) is 0.802. The van der Waals surface area contributed by atoms with Crippen LogP contribution in [0.3, 0.4) is 0 Å². The minimum absolute atomic E-state index is 0.0454. The zero-order valence-electron chi connectivity index (χ0n) is 12.0. The Morgan fingerprint density at radius 3 is 2.86 bits per heavy atom. The van der Waals surface area contributed by atoms with Crippen LogP contribution >= 0.6 is 0 Å². The summed E-state index contributed by atoms with van der Waals surface area (Å²) in [5.74, 6) is -0.0994. The lowest BCUT2D eigenvalue weighted by atomic mass is 10.4. The van der Waals surface area contributed by atoms with Crippen LogP contribution in [0.15, 0.2) is 17.6 Å². The molecule has 1 saturated heterocycles. The number of ether oxygens (including phenoxy) is 1. The number of nitrogens with one attached hydrogen (secondary N) is 1. The first-order valence-electron chi connectivity index (χ1n) is 6.89. The van der Waals surface area contributed by atoms with Gasteiger partial charge in [0.1, 0.15) is 6.61 Å². The van der Waals surface area contributed by atoms with Gasteiger partial charge < -0.3 is 14.6 Å². The van der Waals surface area contributed by atoms with Gasteiger partial charge in [0.2, 0.25) is 5.91 Å². The topological polar surface area (TPSA) is 95.6 Å². The highest BCUT2D eigenvalue weighted by Gasteiger charge is 2.29. The van der Waals surface area contributed by atoms with E-state index in [1.165, 1.54) is 16.8 Å². The van der Waals surface area contributed by atoms with Gasteiger partial charge in [0.25, 0.3) is 10.0 Å². The average Bonchev–Trinajstić information content (AvgIpc) is 2.89. The fraction of sp³-hybridized carbons (Fsp3) is 0.667. The van der Waals surface area contributed by atoms with Gasteiger partial charge in [-0.2, -0.15) is 4.31 Å². The molecule has 0 aromatic carbocycles. The van der Waals surface area contributed by atoms with Crippen LogP contribution in [-0.2, 0) is 19.6 Å². The maximum atomic E-state index is 12.4. The third-order valence-electron chi connectivity index (χ3n) is 3.33. The van der Waals surface area contributed by atoms with E-state index in [0.29, 0.717) is 32.7 Å². The van der Waals surface area contributed by atoms with E-state index in [1.54, 1.807) is 4.90 Å². The van der Waals surface area contributed by atoms with E-state index in [9.17, 15) is 13.2 Å². The van der Waals surface area contributed by atoms with Crippen molar-refractivity contribution in [3.05, 3.63) is 12.5 Å². The Kier molecular flexibility index (Phi) is 5.32. The summed E-state index contributed by atoms with van der Waals surface area (Å²) in [6, 6.07) is 0. The van der Waals surface area contributed by atoms with Gasteiger partial charge in [-0.1, -0.05) is 0 Å². The molecule has 1 aromatic rings. The van der Waals surface area contributed by atoms with E-state index < -0.39 is 10.0 Å². The molecule has 2 heterocycles. The summed E-state index contributed by atoms with van der Waals surface area (Å²) in [5, 5.41) is 0.0802. The fourth-order valence-corrected chi connectivity index (χ4v) is 3.55. The van der Waals surface area contributed by atoms with Gasteiger partial charge in [-0.15, -0.1) is 0 Å². The summed E-state index contributed by atoms with van der Waals surface area (Å²) in [7, 11) is -3.56. The van der Waals surface area contributed by atoms with E-state index in [4.69, 9.17) is 4.74 Å². The first-order valence-corrected chi connectivity index (χ1v) is 8.33. The highest BCUT2D eigenvalue weighted by atomic mass is 32.2. The molecule has 1 N–H and O–H groups in total. The van der Waals surface area contributed by atoms with Crippen molar-refractivity contribution in [3.63, 3.8) is 0 Å². The molecule has 1 fully saturated rings. The second-order valence-corrected chi connectivity index (χ2v) is 6.60. The number of amides is 1. The van der Waals surface area contributed by atoms with Gasteiger partial charge in [-0.05, 0) is 13.3 Å². The Morgan fingerprint density at radius 2 is 2.19 bits per heavy atom. The van der Waals surface area contributed by atoms with Gasteiger partial charge in [0.15, 0.2) is 5.03 Å². The second-order valence-electron chi connectivity index (χ2n) is 4.69. The number of hydrogen-bond acceptors (Lipinski definition) is 5. The Labute approximate surface area is 124 Å². The van der Waals surface area contributed by atoms with Gasteiger partial charge in [0.05, 0.1) is 12.5 Å². The van der Waals surface area contributed by atoms with Crippen LogP contribution in [0.4, 0.5) is 0 Å². The Hall–Kier alpha value is -1.45. The molecule has 0 saturated carbocycles. The van der Waals surface area contributed by atoms with Gasteiger partial charge in [0, 0.05) is 32.8 Å². The summed E-state index contributed by atoms with van der Waals surface area (Å²) in [6.45, 7) is 3.94. The lowest BCUT2D eigenvalue weighted by Gasteiger charge is -2.21. The number of H-pyrrole nitrogens is 1. The number of rotatable bonds is 5. The lowest BCUT2D eigenvalue weighted by Crippen LogP contribution is -2.38. The largest absolute Gasteiger partial charge is 0.372 e. The molecule has 0 atom stereocenters. The highest BCUT2D eigenvalue weighted by Crippen LogP contribution is 2.15. The molecular formula is C12H20N4O4S. The van der Waals surface area contributed by atoms with Crippen molar-refractivity contribution in [1.82, 2.24) is 19.2 Å². The van der Waals surface area contributed by atoms with Gasteiger partial charge in [-0.3, -0.25) is 4.79 Å². The number of carbonyl (C=O) groups is 1. The molecule has 118 valence electrons. The third-order valence-corrected chi connectivity index (χ3v) is 5.15. The number of carbonyl (C=O) groups excluding carboxylic acids is 1. The van der Waals surface area contributed by atoms with E-state index >= 15 is 0 Å². The smallest absolute Gasteiger partial charge is 0.260 e. The molecule has 0 unspecified atom stereocenters. The van der Waals surface area contributed by atoms with Crippen molar-refractivity contribution in [2.45, 2.75) is 18.4 Å². The van der Waals surface area contributed by atoms with E-state index in [0.717, 1.165) is 0 Å². The molecule has 2 rings (SSSR count). The van der Waals surface area contributed by atoms with Crippen LogP contribution in [0.5, 0.6) is 0 Å². The van der Waals surface area contributed by atoms with Crippen LogP contribution < -0.4 is 0 Å². The SMILES string of the molecule is CCOCC(=O)N1CCCN(S(=O)(=O)c2cnc[nH]2)CC1. The van der Waals surface area contributed by atoms with Crippen LogP contribution in [0.25, 0.3) is 0 Å². The first kappa shape index (κ1) is 15.9. The summed E-state index contributed by atoms with van der Waals surface area (Å²) < 4.78 is 31.2. The number of aromatic amines is 1. The molecule has 0 spiro atoms. The lowest BCUT2D eigenvalue weighted by molar-refractivity contribution is -0.135. The maximum Gasteiger partial charge on any atom is 0.260 e. The predicted octanol–water partition coefficient (Wildman–Crippen LogP) is -0.331. The standard InChI is InChI=1S/C12H20N4O4S/c1-2-20-9-12(17)15-4-3-5-16(7-6-15)21(18,19)11-8-13-10-14-11/h8,10H,2-7,9H2,1H3,(H,13,14). The summed E-state index contributed by atoms with van der Waals surface area (Å²) >= 11 is 0. The number of sulfonamides is 1. The molecule has 21 heavy (non-hydrogen) atoms. The predicted molar refractivity (Wildman–Crippen MR) is 75.0 cm³/mol. The fourth-order valence-electron chi connectivity index (χ4n) is 2.19. The van der Waals surface area contributed by atoms with Crippen molar-refractivity contribution in [2.24, 2.45) is 0 Å². The van der Waals surface area contributed by atoms with Crippen LogP contribution in [0.1, 0.15) is 13.3 Å². The first-order chi connectivity index (χ1) is 10.1. The van der Waals surface area contributed by atoms with Crippen molar-refractivity contribution >= 4 is 15.9 Å². The third kappa shape index (κ3) is 3.80. The van der Waals surface area contributed by atoms with E-state index in [-0.39, 0.29) is 24.1 Å². The molecule has 0 bridgehead atoms. The zero-order valence-corrected chi connectivity index (χ0v) is 12.8. The normalized spacial score (nSPS) is 17.7.